The van der Waals surface area contributed by atoms with E-state index in [1.54, 1.807) is 25.1 Å². The molecule has 1 atom stereocenters. The average molecular weight is 256 g/mol. The molecule has 0 aliphatic rings. The highest BCUT2D eigenvalue weighted by molar-refractivity contribution is 6.30. The second-order valence-electron chi connectivity index (χ2n) is 4.49. The highest BCUT2D eigenvalue weighted by Crippen LogP contribution is 2.15. The third-order valence-electron chi connectivity index (χ3n) is 2.82. The monoisotopic (exact) mass is 255 g/mol. The number of rotatable bonds is 4. The number of nitrogens with one attached hydrogen (secondary N) is 1. The fraction of sp³-hybridized carbons (Fsp3) is 0.462. The maximum Gasteiger partial charge on any atom is 0.251 e. The molecule has 94 valence electrons. The first-order valence-electron chi connectivity index (χ1n) is 5.62. The van der Waals surface area contributed by atoms with E-state index in [0.717, 1.165) is 5.56 Å². The average Bonchev–Trinajstić information content (AvgIpc) is 2.26. The van der Waals surface area contributed by atoms with Gasteiger partial charge in [-0.1, -0.05) is 18.5 Å². The van der Waals surface area contributed by atoms with Crippen LogP contribution in [-0.2, 0) is 0 Å². The van der Waals surface area contributed by atoms with Gasteiger partial charge in [0.1, 0.15) is 0 Å². The Balaban J connectivity index is 2.71. The summed E-state index contributed by atoms with van der Waals surface area (Å²) in [5.74, 6) is -0.187. The first-order chi connectivity index (χ1) is 7.85. The first kappa shape index (κ1) is 14.0. The Morgan fingerprint density at radius 1 is 1.53 bits per heavy atom. The van der Waals surface area contributed by atoms with Gasteiger partial charge in [0.25, 0.3) is 5.91 Å². The molecule has 1 rings (SSSR count). The quantitative estimate of drug-likeness (QED) is 0.869. The third kappa shape index (κ3) is 4.02. The molecule has 1 aromatic carbocycles. The van der Waals surface area contributed by atoms with Gasteiger partial charge in [0.2, 0.25) is 0 Å². The van der Waals surface area contributed by atoms with E-state index < -0.39 is 5.60 Å². The van der Waals surface area contributed by atoms with E-state index in [2.05, 4.69) is 5.32 Å². The van der Waals surface area contributed by atoms with Crippen LogP contribution in [0.15, 0.2) is 18.2 Å². The minimum atomic E-state index is -0.865. The number of aryl methyl sites for hydroxylation is 1. The Morgan fingerprint density at radius 2 is 2.18 bits per heavy atom. The smallest absolute Gasteiger partial charge is 0.251 e. The summed E-state index contributed by atoms with van der Waals surface area (Å²) in [6, 6.07) is 5.11. The Hall–Kier alpha value is -1.06. The molecule has 17 heavy (non-hydrogen) atoms. The summed E-state index contributed by atoms with van der Waals surface area (Å²) in [5, 5.41) is 13.1. The Morgan fingerprint density at radius 3 is 2.71 bits per heavy atom. The molecule has 1 aromatic rings. The zero-order valence-electron chi connectivity index (χ0n) is 10.4. The molecule has 3 nitrogen and oxygen atoms in total. The second-order valence-corrected chi connectivity index (χ2v) is 4.93. The summed E-state index contributed by atoms with van der Waals surface area (Å²) in [4.78, 5) is 11.9. The van der Waals surface area contributed by atoms with Gasteiger partial charge < -0.3 is 10.4 Å². The van der Waals surface area contributed by atoms with Crippen LogP contribution in [-0.4, -0.2) is 23.2 Å². The SMILES string of the molecule is CCC(C)(O)CNC(=O)c1ccc(Cl)cc1C. The second kappa shape index (κ2) is 5.52. The molecule has 0 radical (unpaired) electrons. The van der Waals surface area contributed by atoms with Crippen LogP contribution in [0.1, 0.15) is 36.2 Å². The minimum Gasteiger partial charge on any atom is -0.388 e. The number of hydrogen-bond donors (Lipinski definition) is 2. The zero-order chi connectivity index (χ0) is 13.1. The molecule has 0 aliphatic carbocycles. The summed E-state index contributed by atoms with van der Waals surface area (Å²) in [5.41, 5.74) is 0.545. The zero-order valence-corrected chi connectivity index (χ0v) is 11.1. The molecule has 0 aliphatic heterocycles. The lowest BCUT2D eigenvalue weighted by Crippen LogP contribution is -2.40. The van der Waals surface area contributed by atoms with Gasteiger partial charge in [0.05, 0.1) is 5.60 Å². The lowest BCUT2D eigenvalue weighted by atomic mass is 10.0. The van der Waals surface area contributed by atoms with Crippen molar-refractivity contribution in [1.29, 1.82) is 0 Å². The van der Waals surface area contributed by atoms with Gasteiger partial charge in [0, 0.05) is 17.1 Å². The summed E-state index contributed by atoms with van der Waals surface area (Å²) in [6.07, 6.45) is 0.590. The van der Waals surface area contributed by atoms with E-state index in [4.69, 9.17) is 11.6 Å². The third-order valence-corrected chi connectivity index (χ3v) is 3.06. The van der Waals surface area contributed by atoms with Crippen LogP contribution < -0.4 is 5.32 Å². The van der Waals surface area contributed by atoms with Gasteiger partial charge in [-0.25, -0.2) is 0 Å². The van der Waals surface area contributed by atoms with Crippen molar-refractivity contribution < 1.29 is 9.90 Å². The van der Waals surface area contributed by atoms with E-state index in [1.165, 1.54) is 0 Å². The maximum absolute atomic E-state index is 11.9. The van der Waals surface area contributed by atoms with Gasteiger partial charge in [-0.05, 0) is 44.0 Å². The number of carbonyl (C=O) groups excluding carboxylic acids is 1. The van der Waals surface area contributed by atoms with Gasteiger partial charge >= 0.3 is 0 Å². The fourth-order valence-electron chi connectivity index (χ4n) is 1.37. The Kier molecular flexibility index (Phi) is 4.54. The molecule has 4 heteroatoms. The number of aliphatic hydroxyl groups is 1. The summed E-state index contributed by atoms with van der Waals surface area (Å²) >= 11 is 5.82. The predicted molar refractivity (Wildman–Crippen MR) is 69.4 cm³/mol. The molecular formula is C13H18ClNO2. The van der Waals surface area contributed by atoms with Crippen molar-refractivity contribution in [2.45, 2.75) is 32.8 Å². The van der Waals surface area contributed by atoms with Crippen LogP contribution in [0.25, 0.3) is 0 Å². The first-order valence-corrected chi connectivity index (χ1v) is 6.00. The Bertz CT molecular complexity index is 416. The van der Waals surface area contributed by atoms with Crippen LogP contribution in [0, 0.1) is 6.92 Å². The van der Waals surface area contributed by atoms with Crippen molar-refractivity contribution in [2.75, 3.05) is 6.54 Å². The van der Waals surface area contributed by atoms with Crippen molar-refractivity contribution in [2.24, 2.45) is 0 Å². The molecule has 1 unspecified atom stereocenters. The number of hydrogen-bond acceptors (Lipinski definition) is 2. The number of benzene rings is 1. The number of amides is 1. The molecule has 0 heterocycles. The molecule has 0 aromatic heterocycles. The van der Waals surface area contributed by atoms with Gasteiger partial charge in [0.15, 0.2) is 0 Å². The van der Waals surface area contributed by atoms with Gasteiger partial charge in [-0.15, -0.1) is 0 Å². The summed E-state index contributed by atoms with van der Waals surface area (Å²) in [7, 11) is 0. The molecule has 0 saturated carbocycles. The van der Waals surface area contributed by atoms with E-state index in [9.17, 15) is 9.90 Å². The van der Waals surface area contributed by atoms with Crippen molar-refractivity contribution >= 4 is 17.5 Å². The standard InChI is InChI=1S/C13H18ClNO2/c1-4-13(3,17)8-15-12(16)11-6-5-10(14)7-9(11)2/h5-7,17H,4,8H2,1-3H3,(H,15,16). The fourth-order valence-corrected chi connectivity index (χ4v) is 1.60. The van der Waals surface area contributed by atoms with Crippen molar-refractivity contribution in [3.63, 3.8) is 0 Å². The van der Waals surface area contributed by atoms with Gasteiger partial charge in [-0.2, -0.15) is 0 Å². The minimum absolute atomic E-state index is 0.187. The molecule has 0 spiro atoms. The highest BCUT2D eigenvalue weighted by atomic mass is 35.5. The van der Waals surface area contributed by atoms with Crippen molar-refractivity contribution in [3.8, 4) is 0 Å². The lowest BCUT2D eigenvalue weighted by Gasteiger charge is -2.21. The van der Waals surface area contributed by atoms with Crippen LogP contribution in [0.5, 0.6) is 0 Å². The molecule has 0 saturated heterocycles. The maximum atomic E-state index is 11.9. The van der Waals surface area contributed by atoms with E-state index in [1.807, 2.05) is 13.8 Å². The van der Waals surface area contributed by atoms with Crippen molar-refractivity contribution in [1.82, 2.24) is 5.32 Å². The highest BCUT2D eigenvalue weighted by Gasteiger charge is 2.19. The van der Waals surface area contributed by atoms with Crippen molar-refractivity contribution in [3.05, 3.63) is 34.3 Å². The van der Waals surface area contributed by atoms with Gasteiger partial charge in [-0.3, -0.25) is 4.79 Å². The van der Waals surface area contributed by atoms with E-state index >= 15 is 0 Å². The molecule has 2 N–H and O–H groups in total. The summed E-state index contributed by atoms with van der Waals surface area (Å²) in [6.45, 7) is 5.64. The number of carbonyl (C=O) groups is 1. The molecular weight excluding hydrogens is 238 g/mol. The predicted octanol–water partition coefficient (Wildman–Crippen LogP) is 2.54. The largest absolute Gasteiger partial charge is 0.388 e. The normalized spacial score (nSPS) is 14.2. The van der Waals surface area contributed by atoms with Crippen LogP contribution >= 0.6 is 11.6 Å². The van der Waals surface area contributed by atoms with E-state index in [0.29, 0.717) is 17.0 Å². The van der Waals surface area contributed by atoms with E-state index in [-0.39, 0.29) is 12.5 Å². The summed E-state index contributed by atoms with van der Waals surface area (Å²) < 4.78 is 0. The van der Waals surface area contributed by atoms with Crippen LogP contribution in [0.3, 0.4) is 0 Å². The number of halogens is 1. The molecule has 0 fully saturated rings. The van der Waals surface area contributed by atoms with Crippen LogP contribution in [0.4, 0.5) is 0 Å². The molecule has 0 bridgehead atoms. The molecule has 1 amide bonds. The Labute approximate surface area is 107 Å². The topological polar surface area (TPSA) is 49.3 Å². The van der Waals surface area contributed by atoms with Crippen LogP contribution in [0.2, 0.25) is 5.02 Å². The lowest BCUT2D eigenvalue weighted by molar-refractivity contribution is 0.0518.